The molecule has 1 atom stereocenters. The van der Waals surface area contributed by atoms with Crippen molar-refractivity contribution in [3.8, 4) is 11.3 Å². The molecule has 1 aliphatic rings. The van der Waals surface area contributed by atoms with Crippen LogP contribution in [0.1, 0.15) is 101 Å². The predicted molar refractivity (Wildman–Crippen MR) is 214 cm³/mol. The molecule has 1 aliphatic heterocycles. The lowest BCUT2D eigenvalue weighted by Gasteiger charge is -2.38. The van der Waals surface area contributed by atoms with Crippen molar-refractivity contribution in [2.45, 2.75) is 109 Å². The summed E-state index contributed by atoms with van der Waals surface area (Å²) in [6, 6.07) is 18.1. The standard InChI is InChI=1S/C42H58N8O5/c1-31(33-13-8-7-9-14-33)27-37(53)49-25-21-42(55,22-26-49)29-50-30-46-38-39(41(50)54)47-48(2)40(38)34-19-17-32(18-20-34)28-44-23-12-24-45-36(52)16-11-6-4-3-5-10-15-35(43)51/h7-9,13-14,17-20,30-31,44,55H,3-6,10-12,15-16,21-29H2,1-2H3,(H2,43,51)(H,45,52). The van der Waals surface area contributed by atoms with E-state index in [0.717, 1.165) is 73.9 Å². The molecule has 13 heteroatoms. The lowest BCUT2D eigenvalue weighted by molar-refractivity contribution is -0.136. The van der Waals surface area contributed by atoms with E-state index >= 15 is 0 Å². The minimum Gasteiger partial charge on any atom is -0.388 e. The van der Waals surface area contributed by atoms with Gasteiger partial charge in [-0.15, -0.1) is 0 Å². The van der Waals surface area contributed by atoms with Gasteiger partial charge < -0.3 is 26.4 Å². The van der Waals surface area contributed by atoms with Crippen LogP contribution in [-0.2, 0) is 34.5 Å². The van der Waals surface area contributed by atoms with Crippen molar-refractivity contribution in [1.82, 2.24) is 34.9 Å². The van der Waals surface area contributed by atoms with Crippen LogP contribution in [0.3, 0.4) is 0 Å². The van der Waals surface area contributed by atoms with Crippen molar-refractivity contribution < 1.29 is 19.5 Å². The summed E-state index contributed by atoms with van der Waals surface area (Å²) >= 11 is 0. The Morgan fingerprint density at radius 2 is 1.56 bits per heavy atom. The fourth-order valence-electron chi connectivity index (χ4n) is 7.30. The second kappa shape index (κ2) is 20.2. The van der Waals surface area contributed by atoms with Gasteiger partial charge in [-0.25, -0.2) is 4.98 Å². The van der Waals surface area contributed by atoms with Gasteiger partial charge in [0.2, 0.25) is 17.7 Å². The van der Waals surface area contributed by atoms with E-state index in [1.54, 1.807) is 11.7 Å². The molecule has 2 aromatic heterocycles. The van der Waals surface area contributed by atoms with E-state index in [9.17, 15) is 24.3 Å². The first-order valence-electron chi connectivity index (χ1n) is 19.9. The Bertz CT molecular complexity index is 1920. The number of carbonyl (C=O) groups excluding carboxylic acids is 3. The first-order valence-corrected chi connectivity index (χ1v) is 19.9. The number of nitrogens with two attached hydrogens (primary N) is 1. The highest BCUT2D eigenvalue weighted by molar-refractivity contribution is 5.89. The number of hydrogen-bond acceptors (Lipinski definition) is 8. The number of aliphatic hydroxyl groups is 1. The van der Waals surface area contributed by atoms with E-state index in [-0.39, 0.29) is 41.3 Å². The number of piperidine rings is 1. The number of aryl methyl sites for hydroxylation is 1. The molecule has 296 valence electrons. The van der Waals surface area contributed by atoms with Crippen LogP contribution in [-0.4, -0.2) is 78.8 Å². The number of hydrogen-bond donors (Lipinski definition) is 4. The van der Waals surface area contributed by atoms with Crippen LogP contribution in [0.25, 0.3) is 22.3 Å². The number of carbonyl (C=O) groups is 3. The number of rotatable bonds is 21. The first-order chi connectivity index (χ1) is 26.5. The van der Waals surface area contributed by atoms with Gasteiger partial charge in [0.05, 0.1) is 24.2 Å². The smallest absolute Gasteiger partial charge is 0.281 e. The van der Waals surface area contributed by atoms with Gasteiger partial charge in [0.1, 0.15) is 5.52 Å². The number of benzene rings is 2. The Labute approximate surface area is 323 Å². The van der Waals surface area contributed by atoms with Crippen LogP contribution >= 0.6 is 0 Å². The molecular formula is C42H58N8O5. The number of primary amides is 1. The number of likely N-dealkylation sites (tertiary alicyclic amines) is 1. The maximum atomic E-state index is 13.6. The fourth-order valence-corrected chi connectivity index (χ4v) is 7.30. The van der Waals surface area contributed by atoms with Crippen molar-refractivity contribution >= 4 is 28.8 Å². The normalized spacial score (nSPS) is 14.6. The molecule has 1 fully saturated rings. The maximum absolute atomic E-state index is 13.6. The summed E-state index contributed by atoms with van der Waals surface area (Å²) in [6.07, 6.45) is 10.4. The maximum Gasteiger partial charge on any atom is 0.281 e. The van der Waals surface area contributed by atoms with E-state index in [0.29, 0.717) is 63.8 Å². The van der Waals surface area contributed by atoms with Gasteiger partial charge in [-0.3, -0.25) is 28.4 Å². The van der Waals surface area contributed by atoms with E-state index in [4.69, 9.17) is 5.73 Å². The number of nitrogens with one attached hydrogen (secondary N) is 2. The van der Waals surface area contributed by atoms with Gasteiger partial charge in [0, 0.05) is 58.1 Å². The van der Waals surface area contributed by atoms with Gasteiger partial charge in [0.15, 0.2) is 5.52 Å². The number of unbranched alkanes of at least 4 members (excludes halogenated alkanes) is 5. The van der Waals surface area contributed by atoms with Gasteiger partial charge >= 0.3 is 0 Å². The van der Waals surface area contributed by atoms with Crippen LogP contribution in [0.5, 0.6) is 0 Å². The zero-order chi connectivity index (χ0) is 39.2. The third-order valence-electron chi connectivity index (χ3n) is 10.7. The molecule has 5 rings (SSSR count). The van der Waals surface area contributed by atoms with Crippen molar-refractivity contribution in [3.05, 3.63) is 82.4 Å². The number of amides is 3. The summed E-state index contributed by atoms with van der Waals surface area (Å²) < 4.78 is 3.12. The third kappa shape index (κ3) is 12.1. The van der Waals surface area contributed by atoms with Crippen molar-refractivity contribution in [2.24, 2.45) is 12.8 Å². The Morgan fingerprint density at radius 1 is 0.891 bits per heavy atom. The molecule has 0 spiro atoms. The molecule has 3 amide bonds. The summed E-state index contributed by atoms with van der Waals surface area (Å²) in [4.78, 5) is 56.0. The monoisotopic (exact) mass is 754 g/mol. The molecule has 4 aromatic rings. The molecule has 1 saturated heterocycles. The van der Waals surface area contributed by atoms with Crippen molar-refractivity contribution in [3.63, 3.8) is 0 Å². The molecular weight excluding hydrogens is 697 g/mol. The number of aromatic nitrogens is 4. The first kappa shape index (κ1) is 41.3. The molecule has 3 heterocycles. The van der Waals surface area contributed by atoms with Crippen molar-refractivity contribution in [1.29, 1.82) is 0 Å². The lowest BCUT2D eigenvalue weighted by atomic mass is 9.90. The number of nitrogens with zero attached hydrogens (tertiary/aromatic N) is 5. The van der Waals surface area contributed by atoms with E-state index < -0.39 is 5.60 Å². The van der Waals surface area contributed by atoms with Gasteiger partial charge in [-0.05, 0) is 55.7 Å². The van der Waals surface area contributed by atoms with Crippen LogP contribution < -0.4 is 21.9 Å². The molecule has 1 unspecified atom stereocenters. The Kier molecular flexibility index (Phi) is 15.1. The summed E-state index contributed by atoms with van der Waals surface area (Å²) in [5.41, 5.74) is 8.34. The van der Waals surface area contributed by atoms with Crippen LogP contribution in [0, 0.1) is 0 Å². The zero-order valence-corrected chi connectivity index (χ0v) is 32.5. The minimum absolute atomic E-state index is 0.0763. The highest BCUT2D eigenvalue weighted by Crippen LogP contribution is 2.28. The van der Waals surface area contributed by atoms with E-state index in [1.807, 2.05) is 59.5 Å². The largest absolute Gasteiger partial charge is 0.388 e. The van der Waals surface area contributed by atoms with Crippen LogP contribution in [0.2, 0.25) is 0 Å². The van der Waals surface area contributed by atoms with E-state index in [2.05, 4.69) is 27.6 Å². The second-order valence-electron chi connectivity index (χ2n) is 15.1. The van der Waals surface area contributed by atoms with E-state index in [1.165, 1.54) is 10.9 Å². The minimum atomic E-state index is -1.13. The average molecular weight is 755 g/mol. The average Bonchev–Trinajstić information content (AvgIpc) is 3.52. The Hall–Kier alpha value is -4.88. The topological polar surface area (TPSA) is 177 Å². The molecule has 13 nitrogen and oxygen atoms in total. The highest BCUT2D eigenvalue weighted by atomic mass is 16.3. The molecule has 0 radical (unpaired) electrons. The molecule has 0 saturated carbocycles. The highest BCUT2D eigenvalue weighted by Gasteiger charge is 2.35. The second-order valence-corrected chi connectivity index (χ2v) is 15.1. The van der Waals surface area contributed by atoms with Gasteiger partial charge in [0.25, 0.3) is 5.56 Å². The molecule has 2 aromatic carbocycles. The Morgan fingerprint density at radius 3 is 2.25 bits per heavy atom. The summed E-state index contributed by atoms with van der Waals surface area (Å²) in [5.74, 6) is 0.0347. The lowest BCUT2D eigenvalue weighted by Crippen LogP contribution is -2.49. The molecule has 5 N–H and O–H groups in total. The molecule has 55 heavy (non-hydrogen) atoms. The predicted octanol–water partition coefficient (Wildman–Crippen LogP) is 4.55. The Balaban J connectivity index is 1.04. The SMILES string of the molecule is CC(CC(=O)N1CCC(O)(Cn2cnc3c(-c4ccc(CNCCCNC(=O)CCCCCCCCC(N)=O)cc4)n(C)nc3c2=O)CC1)c1ccccc1. The molecule has 0 aliphatic carbocycles. The quantitative estimate of drug-likeness (QED) is 0.0896. The summed E-state index contributed by atoms with van der Waals surface area (Å²) in [7, 11) is 1.80. The number of fused-ring (bicyclic) bond motifs is 1. The third-order valence-corrected chi connectivity index (χ3v) is 10.7. The molecule has 0 bridgehead atoms. The fraction of sp³-hybridized carbons (Fsp3) is 0.524. The van der Waals surface area contributed by atoms with Crippen LogP contribution in [0.4, 0.5) is 0 Å². The van der Waals surface area contributed by atoms with Gasteiger partial charge in [-0.2, -0.15) is 5.10 Å². The van der Waals surface area contributed by atoms with Gasteiger partial charge in [-0.1, -0.05) is 87.2 Å². The summed E-state index contributed by atoms with van der Waals surface area (Å²) in [6.45, 7) is 5.10. The van der Waals surface area contributed by atoms with Crippen molar-refractivity contribution in [2.75, 3.05) is 26.2 Å². The van der Waals surface area contributed by atoms with Crippen LogP contribution in [0.15, 0.2) is 65.7 Å². The zero-order valence-electron chi connectivity index (χ0n) is 32.5. The summed E-state index contributed by atoms with van der Waals surface area (Å²) in [5, 5.41) is 22.4.